The van der Waals surface area contributed by atoms with Crippen LogP contribution in [0.2, 0.25) is 5.02 Å². The van der Waals surface area contributed by atoms with E-state index in [1.54, 1.807) is 26.2 Å². The average Bonchev–Trinajstić information content (AvgIpc) is 2.87. The third-order valence-electron chi connectivity index (χ3n) is 6.86. The SMILES string of the molecule is CO[C@@H]1CN(c2c(-c3cc(C)cc(F)c3)nnc3cc(Cl)c(-c4cc(F)cc(C(N)=O)c4)cc23)CC[C@H]1N. The lowest BCUT2D eigenvalue weighted by Gasteiger charge is -2.38. The number of amides is 1. The molecule has 2 atom stereocenters. The molecule has 196 valence electrons. The molecule has 0 unspecified atom stereocenters. The molecule has 10 heteroatoms. The van der Waals surface area contributed by atoms with Gasteiger partial charge in [-0.3, -0.25) is 4.79 Å². The molecule has 1 saturated heterocycles. The number of primary amides is 1. The first-order chi connectivity index (χ1) is 18.1. The van der Waals surface area contributed by atoms with Gasteiger partial charge in [-0.1, -0.05) is 11.6 Å². The number of fused-ring (bicyclic) bond motifs is 1. The Labute approximate surface area is 223 Å². The Balaban J connectivity index is 1.78. The molecule has 7 nitrogen and oxygen atoms in total. The number of piperidine rings is 1. The number of rotatable bonds is 5. The molecule has 1 aliphatic heterocycles. The molecule has 0 aliphatic carbocycles. The molecule has 5 rings (SSSR count). The van der Waals surface area contributed by atoms with Crippen LogP contribution in [0.25, 0.3) is 33.3 Å². The van der Waals surface area contributed by atoms with E-state index in [-0.39, 0.29) is 23.5 Å². The third kappa shape index (κ3) is 4.92. The fourth-order valence-electron chi connectivity index (χ4n) is 5.00. The number of halogens is 3. The van der Waals surface area contributed by atoms with Crippen molar-refractivity contribution in [1.82, 2.24) is 10.2 Å². The van der Waals surface area contributed by atoms with E-state index in [2.05, 4.69) is 15.1 Å². The van der Waals surface area contributed by atoms with Crippen LogP contribution in [0.3, 0.4) is 0 Å². The van der Waals surface area contributed by atoms with Crippen molar-refractivity contribution in [1.29, 1.82) is 0 Å². The zero-order valence-electron chi connectivity index (χ0n) is 20.8. The Bertz CT molecular complexity index is 1540. The minimum absolute atomic E-state index is 0.0214. The van der Waals surface area contributed by atoms with Crippen LogP contribution in [0.4, 0.5) is 14.5 Å². The van der Waals surface area contributed by atoms with Gasteiger partial charge in [0.2, 0.25) is 5.91 Å². The molecule has 0 bridgehead atoms. The molecule has 4 N–H and O–H groups in total. The number of methoxy groups -OCH3 is 1. The van der Waals surface area contributed by atoms with Crippen LogP contribution in [-0.4, -0.2) is 48.4 Å². The number of carbonyl (C=O) groups excluding carboxylic acids is 1. The fourth-order valence-corrected chi connectivity index (χ4v) is 5.26. The summed E-state index contributed by atoms with van der Waals surface area (Å²) in [6.45, 7) is 2.89. The number of hydrogen-bond acceptors (Lipinski definition) is 6. The molecule has 1 amide bonds. The predicted molar refractivity (Wildman–Crippen MR) is 144 cm³/mol. The number of ether oxygens (including phenoxy) is 1. The van der Waals surface area contributed by atoms with Gasteiger partial charge in [-0.05, 0) is 73.0 Å². The number of benzene rings is 3. The minimum atomic E-state index is -0.756. The van der Waals surface area contributed by atoms with Crippen LogP contribution in [0.1, 0.15) is 22.3 Å². The van der Waals surface area contributed by atoms with E-state index in [0.29, 0.717) is 63.5 Å². The smallest absolute Gasteiger partial charge is 0.248 e. The maximum atomic E-state index is 14.5. The van der Waals surface area contributed by atoms with Crippen LogP contribution in [0.15, 0.2) is 48.5 Å². The highest BCUT2D eigenvalue weighted by Gasteiger charge is 2.30. The summed E-state index contributed by atoms with van der Waals surface area (Å²) in [5.41, 5.74) is 15.6. The van der Waals surface area contributed by atoms with E-state index in [9.17, 15) is 13.6 Å². The first kappa shape index (κ1) is 26.0. The Morgan fingerprint density at radius 1 is 1.05 bits per heavy atom. The summed E-state index contributed by atoms with van der Waals surface area (Å²) in [6, 6.07) is 11.8. The number of anilines is 1. The maximum Gasteiger partial charge on any atom is 0.248 e. The summed E-state index contributed by atoms with van der Waals surface area (Å²) in [6.07, 6.45) is 0.429. The Hall–Kier alpha value is -3.66. The van der Waals surface area contributed by atoms with Gasteiger partial charge in [0.1, 0.15) is 17.3 Å². The van der Waals surface area contributed by atoms with E-state index in [4.69, 9.17) is 27.8 Å². The number of aryl methyl sites for hydroxylation is 1. The van der Waals surface area contributed by atoms with Crippen LogP contribution in [0, 0.1) is 18.6 Å². The summed E-state index contributed by atoms with van der Waals surface area (Å²) in [4.78, 5) is 13.9. The van der Waals surface area contributed by atoms with Crippen molar-refractivity contribution in [3.8, 4) is 22.4 Å². The molecular weight excluding hydrogens is 512 g/mol. The Kier molecular flexibility index (Phi) is 7.00. The number of carbonyl (C=O) groups is 1. The molecule has 1 aliphatic rings. The summed E-state index contributed by atoms with van der Waals surface area (Å²) in [5, 5.41) is 9.85. The zero-order chi connectivity index (χ0) is 27.1. The van der Waals surface area contributed by atoms with Crippen molar-refractivity contribution in [2.75, 3.05) is 25.1 Å². The lowest BCUT2D eigenvalue weighted by molar-refractivity contribution is 0.0731. The number of hydrogen-bond donors (Lipinski definition) is 2. The molecule has 0 radical (unpaired) electrons. The lowest BCUT2D eigenvalue weighted by Crippen LogP contribution is -2.51. The van der Waals surface area contributed by atoms with Crippen molar-refractivity contribution in [2.45, 2.75) is 25.5 Å². The zero-order valence-corrected chi connectivity index (χ0v) is 21.6. The number of nitrogens with two attached hydrogens (primary N) is 2. The molecular formula is C28H26ClF2N5O2. The van der Waals surface area contributed by atoms with Gasteiger partial charge in [-0.2, -0.15) is 0 Å². The second-order valence-electron chi connectivity index (χ2n) is 9.53. The fraction of sp³-hybridized carbons (Fsp3) is 0.250. The molecule has 4 aromatic rings. The van der Waals surface area contributed by atoms with Gasteiger partial charge in [-0.25, -0.2) is 8.78 Å². The third-order valence-corrected chi connectivity index (χ3v) is 7.17. The van der Waals surface area contributed by atoms with Crippen LogP contribution in [-0.2, 0) is 4.74 Å². The van der Waals surface area contributed by atoms with Crippen molar-refractivity contribution in [3.63, 3.8) is 0 Å². The first-order valence-corrected chi connectivity index (χ1v) is 12.4. The van der Waals surface area contributed by atoms with E-state index >= 15 is 0 Å². The van der Waals surface area contributed by atoms with Crippen molar-refractivity contribution in [2.24, 2.45) is 11.5 Å². The molecule has 2 heterocycles. The molecule has 1 aromatic heterocycles. The van der Waals surface area contributed by atoms with Gasteiger partial charge in [0.25, 0.3) is 0 Å². The Morgan fingerprint density at radius 3 is 2.50 bits per heavy atom. The summed E-state index contributed by atoms with van der Waals surface area (Å²) in [5.74, 6) is -1.77. The van der Waals surface area contributed by atoms with E-state index in [1.165, 1.54) is 24.3 Å². The van der Waals surface area contributed by atoms with Crippen molar-refractivity contribution >= 4 is 34.1 Å². The molecule has 0 spiro atoms. The highest BCUT2D eigenvalue weighted by molar-refractivity contribution is 6.34. The summed E-state index contributed by atoms with van der Waals surface area (Å²) >= 11 is 6.62. The maximum absolute atomic E-state index is 14.5. The molecule has 0 saturated carbocycles. The van der Waals surface area contributed by atoms with E-state index < -0.39 is 11.7 Å². The largest absolute Gasteiger partial charge is 0.378 e. The normalized spacial score (nSPS) is 17.7. The highest BCUT2D eigenvalue weighted by Crippen LogP contribution is 2.41. The van der Waals surface area contributed by atoms with Gasteiger partial charge in [0.15, 0.2) is 0 Å². The van der Waals surface area contributed by atoms with Crippen LogP contribution >= 0.6 is 11.6 Å². The van der Waals surface area contributed by atoms with Crippen LogP contribution in [0.5, 0.6) is 0 Å². The van der Waals surface area contributed by atoms with Crippen molar-refractivity contribution in [3.05, 3.63) is 76.3 Å². The van der Waals surface area contributed by atoms with Crippen molar-refractivity contribution < 1.29 is 18.3 Å². The minimum Gasteiger partial charge on any atom is -0.378 e. The van der Waals surface area contributed by atoms with Crippen LogP contribution < -0.4 is 16.4 Å². The second kappa shape index (κ2) is 10.2. The second-order valence-corrected chi connectivity index (χ2v) is 9.94. The van der Waals surface area contributed by atoms with Gasteiger partial charge < -0.3 is 21.1 Å². The molecule has 1 fully saturated rings. The topological polar surface area (TPSA) is 107 Å². The highest BCUT2D eigenvalue weighted by atomic mass is 35.5. The standard InChI is InChI=1S/C28H26ClF2N5O2/c1-14-5-16(9-18(30)6-14)26-27(36-4-3-23(32)25(13-36)38-2)21-11-20(22(29)12-24(21)34-35-26)15-7-17(28(33)37)10-19(31)8-15/h5-12,23,25H,3-4,13,32H2,1-2H3,(H2,33,37)/t23-,25-/m1/s1. The van der Waals surface area contributed by atoms with Gasteiger partial charge in [-0.15, -0.1) is 10.2 Å². The number of aromatic nitrogens is 2. The number of nitrogens with zero attached hydrogens (tertiary/aromatic N) is 3. The van der Waals surface area contributed by atoms with Gasteiger partial charge >= 0.3 is 0 Å². The molecule has 3 aromatic carbocycles. The quantitative estimate of drug-likeness (QED) is 0.377. The van der Waals surface area contributed by atoms with Gasteiger partial charge in [0.05, 0.1) is 22.3 Å². The predicted octanol–water partition coefficient (Wildman–Crippen LogP) is 4.86. The average molecular weight is 538 g/mol. The first-order valence-electron chi connectivity index (χ1n) is 12.1. The van der Waals surface area contributed by atoms with Gasteiger partial charge in [0, 0.05) is 48.3 Å². The lowest BCUT2D eigenvalue weighted by atomic mass is 9.96. The molecule has 38 heavy (non-hydrogen) atoms. The summed E-state index contributed by atoms with van der Waals surface area (Å²) < 4.78 is 34.5. The monoisotopic (exact) mass is 537 g/mol. The van der Waals surface area contributed by atoms with E-state index in [1.807, 2.05) is 6.07 Å². The van der Waals surface area contributed by atoms with E-state index in [0.717, 1.165) is 11.6 Å². The Morgan fingerprint density at radius 2 is 1.79 bits per heavy atom. The summed E-state index contributed by atoms with van der Waals surface area (Å²) in [7, 11) is 1.62.